The quantitative estimate of drug-likeness (QED) is 0.788. The highest BCUT2D eigenvalue weighted by Gasteiger charge is 1.99. The molecule has 0 spiro atoms. The molecular weight excluding hydrogens is 186 g/mol. The Kier molecular flexibility index (Phi) is 3.28. The number of aromatic nitrogens is 2. The second-order valence-corrected chi connectivity index (χ2v) is 2.71. The van der Waals surface area contributed by atoms with Crippen LogP contribution in [0.5, 0.6) is 0 Å². The van der Waals surface area contributed by atoms with Crippen LogP contribution in [-0.2, 0) is 6.42 Å². The summed E-state index contributed by atoms with van der Waals surface area (Å²) in [5, 5.41) is 0. The lowest BCUT2D eigenvalue weighted by Crippen LogP contribution is -2.05. The summed E-state index contributed by atoms with van der Waals surface area (Å²) >= 11 is 0. The molecule has 2 heterocycles. The molecule has 0 aliphatic heterocycles. The summed E-state index contributed by atoms with van der Waals surface area (Å²) in [6, 6.07) is 6.03. The Balaban J connectivity index is 0.000000845. The molecule has 0 bridgehead atoms. The Morgan fingerprint density at radius 1 is 1.38 bits per heavy atom. The maximum atomic E-state index is 5.46. The molecule has 0 unspecified atom stereocenters. The average Bonchev–Trinajstić information content (AvgIpc) is 2.50. The largest absolute Gasteiger partial charge is 0.330 e. The maximum absolute atomic E-state index is 5.46. The van der Waals surface area contributed by atoms with E-state index >= 15 is 0 Å². The number of imidazole rings is 1. The maximum Gasteiger partial charge on any atom is 0.114 e. The van der Waals surface area contributed by atoms with Gasteiger partial charge in [-0.05, 0) is 18.7 Å². The van der Waals surface area contributed by atoms with Gasteiger partial charge in [0.2, 0.25) is 0 Å². The Morgan fingerprint density at radius 2 is 2.23 bits per heavy atom. The van der Waals surface area contributed by atoms with Crippen LogP contribution in [0.25, 0.3) is 5.52 Å². The zero-order valence-electron chi connectivity index (χ0n) is 7.18. The van der Waals surface area contributed by atoms with Gasteiger partial charge in [-0.2, -0.15) is 0 Å². The summed E-state index contributed by atoms with van der Waals surface area (Å²) in [7, 11) is 0. The molecule has 0 atom stereocenters. The number of rotatable bonds is 2. The van der Waals surface area contributed by atoms with Crippen LogP contribution >= 0.6 is 12.4 Å². The van der Waals surface area contributed by atoms with Gasteiger partial charge in [-0.1, -0.05) is 6.07 Å². The molecule has 0 fully saturated rings. The molecule has 0 amide bonds. The van der Waals surface area contributed by atoms with Gasteiger partial charge >= 0.3 is 0 Å². The standard InChI is InChI=1S/C9H11N3.ClH/c10-5-4-9-11-7-8-3-1-2-6-12(8)9;/h1-3,6-7H,4-5,10H2;1H. The summed E-state index contributed by atoms with van der Waals surface area (Å²) in [5.74, 6) is 1.04. The van der Waals surface area contributed by atoms with E-state index in [4.69, 9.17) is 5.73 Å². The lowest BCUT2D eigenvalue weighted by atomic mass is 10.4. The SMILES string of the molecule is Cl.NCCc1ncc2ccccn12. The predicted octanol–water partition coefficient (Wildman–Crippen LogP) is 1.26. The number of nitrogens with two attached hydrogens (primary N) is 1. The first-order valence-corrected chi connectivity index (χ1v) is 4.03. The first kappa shape index (κ1) is 10.0. The monoisotopic (exact) mass is 197 g/mol. The highest BCUT2D eigenvalue weighted by atomic mass is 35.5. The fourth-order valence-electron chi connectivity index (χ4n) is 1.31. The van der Waals surface area contributed by atoms with Gasteiger partial charge in [0.15, 0.2) is 0 Å². The van der Waals surface area contributed by atoms with Crippen molar-refractivity contribution in [1.82, 2.24) is 9.38 Å². The molecule has 2 rings (SSSR count). The van der Waals surface area contributed by atoms with E-state index in [-0.39, 0.29) is 12.4 Å². The van der Waals surface area contributed by atoms with Gasteiger partial charge in [0, 0.05) is 12.6 Å². The van der Waals surface area contributed by atoms with Crippen LogP contribution in [-0.4, -0.2) is 15.9 Å². The summed E-state index contributed by atoms with van der Waals surface area (Å²) < 4.78 is 2.06. The molecule has 0 saturated carbocycles. The van der Waals surface area contributed by atoms with E-state index in [0.717, 1.165) is 17.8 Å². The third-order valence-electron chi connectivity index (χ3n) is 1.88. The predicted molar refractivity (Wildman–Crippen MR) is 55.2 cm³/mol. The van der Waals surface area contributed by atoms with Crippen LogP contribution in [0.4, 0.5) is 0 Å². The van der Waals surface area contributed by atoms with Crippen molar-refractivity contribution in [2.45, 2.75) is 6.42 Å². The highest BCUT2D eigenvalue weighted by molar-refractivity contribution is 5.85. The van der Waals surface area contributed by atoms with E-state index in [1.165, 1.54) is 0 Å². The fraction of sp³-hybridized carbons (Fsp3) is 0.222. The van der Waals surface area contributed by atoms with Gasteiger partial charge in [0.25, 0.3) is 0 Å². The van der Waals surface area contributed by atoms with Crippen LogP contribution in [0.1, 0.15) is 5.82 Å². The van der Waals surface area contributed by atoms with Gasteiger partial charge in [-0.25, -0.2) is 4.98 Å². The van der Waals surface area contributed by atoms with Crippen LogP contribution in [0.3, 0.4) is 0 Å². The Hall–Kier alpha value is -1.06. The number of hydrogen-bond donors (Lipinski definition) is 1. The highest BCUT2D eigenvalue weighted by Crippen LogP contribution is 2.05. The smallest absolute Gasteiger partial charge is 0.114 e. The molecule has 2 N–H and O–H groups in total. The molecule has 0 aliphatic rings. The number of halogens is 1. The summed E-state index contributed by atoms with van der Waals surface area (Å²) in [5.41, 5.74) is 6.58. The molecule has 0 saturated heterocycles. The topological polar surface area (TPSA) is 43.3 Å². The molecule has 4 heteroatoms. The van der Waals surface area contributed by atoms with Gasteiger partial charge in [0.05, 0.1) is 11.7 Å². The van der Waals surface area contributed by atoms with Crippen LogP contribution in [0.15, 0.2) is 30.6 Å². The van der Waals surface area contributed by atoms with Crippen molar-refractivity contribution < 1.29 is 0 Å². The third-order valence-corrected chi connectivity index (χ3v) is 1.88. The minimum atomic E-state index is 0. The lowest BCUT2D eigenvalue weighted by molar-refractivity contribution is 0.863. The molecular formula is C9H12ClN3. The van der Waals surface area contributed by atoms with Crippen LogP contribution < -0.4 is 5.73 Å². The molecule has 2 aromatic rings. The van der Waals surface area contributed by atoms with Crippen molar-refractivity contribution in [2.24, 2.45) is 5.73 Å². The third kappa shape index (κ3) is 1.82. The number of nitrogens with zero attached hydrogens (tertiary/aromatic N) is 2. The van der Waals surface area contributed by atoms with Crippen molar-refractivity contribution in [3.63, 3.8) is 0 Å². The first-order valence-electron chi connectivity index (χ1n) is 4.03. The number of pyridine rings is 1. The molecule has 3 nitrogen and oxygen atoms in total. The van der Waals surface area contributed by atoms with Crippen LogP contribution in [0, 0.1) is 0 Å². The Morgan fingerprint density at radius 3 is 3.00 bits per heavy atom. The molecule has 0 radical (unpaired) electrons. The zero-order valence-corrected chi connectivity index (χ0v) is 8.00. The van der Waals surface area contributed by atoms with E-state index in [9.17, 15) is 0 Å². The summed E-state index contributed by atoms with van der Waals surface area (Å²) in [4.78, 5) is 4.27. The molecule has 0 aromatic carbocycles. The van der Waals surface area contributed by atoms with Gasteiger partial charge in [-0.3, -0.25) is 0 Å². The summed E-state index contributed by atoms with van der Waals surface area (Å²) in [6.07, 6.45) is 4.70. The van der Waals surface area contributed by atoms with Crippen molar-refractivity contribution in [3.8, 4) is 0 Å². The second-order valence-electron chi connectivity index (χ2n) is 2.71. The Labute approximate surface area is 83.0 Å². The number of fused-ring (bicyclic) bond motifs is 1. The normalized spacial score (nSPS) is 9.92. The first-order chi connectivity index (χ1) is 5.92. The van der Waals surface area contributed by atoms with Gasteiger partial charge in [0.1, 0.15) is 5.82 Å². The average molecular weight is 198 g/mol. The minimum Gasteiger partial charge on any atom is -0.330 e. The zero-order chi connectivity index (χ0) is 8.39. The van der Waals surface area contributed by atoms with Crippen LogP contribution in [0.2, 0.25) is 0 Å². The summed E-state index contributed by atoms with van der Waals surface area (Å²) in [6.45, 7) is 0.647. The van der Waals surface area contributed by atoms with E-state index in [1.54, 1.807) is 0 Å². The minimum absolute atomic E-state index is 0. The number of hydrogen-bond acceptors (Lipinski definition) is 2. The molecule has 70 valence electrons. The van der Waals surface area contributed by atoms with Gasteiger partial charge in [-0.15, -0.1) is 12.4 Å². The fourth-order valence-corrected chi connectivity index (χ4v) is 1.31. The van der Waals surface area contributed by atoms with E-state index in [1.807, 2.05) is 30.6 Å². The van der Waals surface area contributed by atoms with Crippen molar-refractivity contribution >= 4 is 17.9 Å². The molecule has 13 heavy (non-hydrogen) atoms. The van der Waals surface area contributed by atoms with Crippen molar-refractivity contribution in [1.29, 1.82) is 0 Å². The molecule has 0 aliphatic carbocycles. The Bertz CT molecular complexity index is 383. The van der Waals surface area contributed by atoms with E-state index in [0.29, 0.717) is 6.54 Å². The lowest BCUT2D eigenvalue weighted by Gasteiger charge is -1.97. The van der Waals surface area contributed by atoms with Crippen molar-refractivity contribution in [2.75, 3.05) is 6.54 Å². The van der Waals surface area contributed by atoms with E-state index in [2.05, 4.69) is 9.38 Å². The van der Waals surface area contributed by atoms with Gasteiger partial charge < -0.3 is 10.1 Å². The van der Waals surface area contributed by atoms with E-state index < -0.39 is 0 Å². The second kappa shape index (κ2) is 4.25. The van der Waals surface area contributed by atoms with Crippen molar-refractivity contribution in [3.05, 3.63) is 36.4 Å². The molecule has 2 aromatic heterocycles.